The lowest BCUT2D eigenvalue weighted by atomic mass is 10.1. The first-order valence-electron chi connectivity index (χ1n) is 8.76. The molecular weight excluding hydrogens is 366 g/mol. The third kappa shape index (κ3) is 3.28. The molecule has 0 spiro atoms. The Morgan fingerprint density at radius 2 is 2.04 bits per heavy atom. The molecule has 2 aliphatic rings. The quantitative estimate of drug-likeness (QED) is 0.704. The summed E-state index contributed by atoms with van der Waals surface area (Å²) in [5.74, 6) is -1.02. The molecule has 3 N–H and O–H groups in total. The molecule has 140 valence electrons. The molecular formula is C19H19N3O4S. The van der Waals surface area contributed by atoms with Crippen LogP contribution in [-0.2, 0) is 27.2 Å². The van der Waals surface area contributed by atoms with Crippen LogP contribution in [0.3, 0.4) is 0 Å². The lowest BCUT2D eigenvalue weighted by molar-refractivity contribution is -0.122. The number of carbonyl (C=O) groups is 3. The van der Waals surface area contributed by atoms with Crippen LogP contribution in [0.5, 0.6) is 0 Å². The summed E-state index contributed by atoms with van der Waals surface area (Å²) in [5.41, 5.74) is 2.90. The van der Waals surface area contributed by atoms with Gasteiger partial charge in [-0.1, -0.05) is 12.1 Å². The summed E-state index contributed by atoms with van der Waals surface area (Å²) < 4.78 is 4.89. The average molecular weight is 385 g/mol. The average Bonchev–Trinajstić information content (AvgIpc) is 3.22. The van der Waals surface area contributed by atoms with E-state index in [1.165, 1.54) is 18.4 Å². The van der Waals surface area contributed by atoms with Crippen molar-refractivity contribution in [1.82, 2.24) is 0 Å². The van der Waals surface area contributed by atoms with Gasteiger partial charge in [-0.25, -0.2) is 4.79 Å². The number of anilines is 3. The highest BCUT2D eigenvalue weighted by Crippen LogP contribution is 2.39. The number of ether oxygens (including phenoxy) is 1. The Morgan fingerprint density at radius 1 is 1.26 bits per heavy atom. The van der Waals surface area contributed by atoms with Crippen LogP contribution < -0.4 is 16.0 Å². The van der Waals surface area contributed by atoms with Crippen molar-refractivity contribution < 1.29 is 19.1 Å². The largest absolute Gasteiger partial charge is 0.465 e. The van der Waals surface area contributed by atoms with E-state index in [2.05, 4.69) is 16.0 Å². The number of nitrogens with one attached hydrogen (secondary N) is 3. The molecule has 7 nitrogen and oxygen atoms in total. The molecule has 2 aromatic rings. The van der Waals surface area contributed by atoms with Crippen molar-refractivity contribution in [3.63, 3.8) is 0 Å². The fraction of sp³-hybridized carbons (Fsp3) is 0.316. The van der Waals surface area contributed by atoms with Gasteiger partial charge in [0.1, 0.15) is 11.0 Å². The van der Waals surface area contributed by atoms with Crippen LogP contribution in [0.4, 0.5) is 16.4 Å². The zero-order valence-electron chi connectivity index (χ0n) is 14.8. The normalized spacial score (nSPS) is 17.4. The number of aryl methyl sites for hydroxylation is 1. The van der Waals surface area contributed by atoms with Gasteiger partial charge >= 0.3 is 5.97 Å². The number of carbonyl (C=O) groups excluding carboxylic acids is 3. The van der Waals surface area contributed by atoms with Crippen LogP contribution in [0, 0.1) is 0 Å². The smallest absolute Gasteiger partial charge is 0.341 e. The van der Waals surface area contributed by atoms with Gasteiger partial charge in [-0.05, 0) is 37.0 Å². The van der Waals surface area contributed by atoms with Crippen molar-refractivity contribution in [3.8, 4) is 0 Å². The maximum atomic E-state index is 12.6. The molecule has 0 saturated carbocycles. The van der Waals surface area contributed by atoms with E-state index in [-0.39, 0.29) is 18.2 Å². The van der Waals surface area contributed by atoms with Crippen molar-refractivity contribution in [2.45, 2.75) is 31.7 Å². The maximum absolute atomic E-state index is 12.6. The lowest BCUT2D eigenvalue weighted by Gasteiger charge is -2.26. The Labute approximate surface area is 160 Å². The van der Waals surface area contributed by atoms with Crippen LogP contribution in [0.2, 0.25) is 0 Å². The van der Waals surface area contributed by atoms with Gasteiger partial charge in [-0.2, -0.15) is 0 Å². The van der Waals surface area contributed by atoms with E-state index in [1.54, 1.807) is 6.07 Å². The van der Waals surface area contributed by atoms with Gasteiger partial charge in [0.15, 0.2) is 0 Å². The molecule has 27 heavy (non-hydrogen) atoms. The Balaban J connectivity index is 1.49. The number of esters is 1. The zero-order valence-corrected chi connectivity index (χ0v) is 15.6. The van der Waals surface area contributed by atoms with Gasteiger partial charge in [0, 0.05) is 4.88 Å². The predicted octanol–water partition coefficient (Wildman–Crippen LogP) is 2.78. The third-order valence-electron chi connectivity index (χ3n) is 4.78. The molecule has 4 rings (SSSR count). The zero-order chi connectivity index (χ0) is 19.0. The number of amides is 2. The van der Waals surface area contributed by atoms with Gasteiger partial charge in [-0.3, -0.25) is 9.59 Å². The second-order valence-corrected chi connectivity index (χ2v) is 7.64. The monoisotopic (exact) mass is 385 g/mol. The highest BCUT2D eigenvalue weighted by Gasteiger charge is 2.30. The summed E-state index contributed by atoms with van der Waals surface area (Å²) in [4.78, 5) is 38.1. The van der Waals surface area contributed by atoms with E-state index in [0.29, 0.717) is 16.3 Å². The molecule has 1 unspecified atom stereocenters. The van der Waals surface area contributed by atoms with Crippen molar-refractivity contribution in [2.75, 3.05) is 23.1 Å². The molecule has 2 heterocycles. The Kier molecular flexibility index (Phi) is 4.57. The summed E-state index contributed by atoms with van der Waals surface area (Å²) in [7, 11) is 1.33. The molecule has 1 aromatic carbocycles. The standard InChI is InChI=1S/C19H19N3O4S/c1-26-19(25)16-10-5-4-8-14(10)27-18(16)22-15(23)9-13-17(24)21-12-7-3-2-6-11(12)20-13/h2-3,6-7,13,20H,4-5,8-9H2,1H3,(H,21,24)(H,22,23). The van der Waals surface area contributed by atoms with Crippen LogP contribution >= 0.6 is 11.3 Å². The fourth-order valence-electron chi connectivity index (χ4n) is 3.51. The number of hydrogen-bond donors (Lipinski definition) is 3. The van der Waals surface area contributed by atoms with Crippen LogP contribution in [-0.4, -0.2) is 30.9 Å². The van der Waals surface area contributed by atoms with Gasteiger partial charge in [0.05, 0.1) is 30.5 Å². The van der Waals surface area contributed by atoms with Crippen molar-refractivity contribution in [2.24, 2.45) is 0 Å². The third-order valence-corrected chi connectivity index (χ3v) is 5.99. The molecule has 1 atom stereocenters. The lowest BCUT2D eigenvalue weighted by Crippen LogP contribution is -2.41. The Morgan fingerprint density at radius 3 is 2.81 bits per heavy atom. The summed E-state index contributed by atoms with van der Waals surface area (Å²) in [6.45, 7) is 0. The number of fused-ring (bicyclic) bond motifs is 2. The minimum atomic E-state index is -0.673. The molecule has 0 saturated heterocycles. The number of rotatable bonds is 4. The first-order valence-corrected chi connectivity index (χ1v) is 9.57. The molecule has 2 amide bonds. The Bertz CT molecular complexity index is 937. The molecule has 1 aliphatic heterocycles. The molecule has 1 aliphatic carbocycles. The summed E-state index contributed by atoms with van der Waals surface area (Å²) in [5, 5.41) is 9.20. The van der Waals surface area contributed by atoms with Crippen molar-refractivity contribution in [3.05, 3.63) is 40.3 Å². The first-order chi connectivity index (χ1) is 13.1. The van der Waals surface area contributed by atoms with E-state index < -0.39 is 12.0 Å². The maximum Gasteiger partial charge on any atom is 0.341 e. The van der Waals surface area contributed by atoms with E-state index in [4.69, 9.17) is 4.74 Å². The number of thiophene rings is 1. The van der Waals surface area contributed by atoms with Gasteiger partial charge < -0.3 is 20.7 Å². The molecule has 0 bridgehead atoms. The fourth-order valence-corrected chi connectivity index (χ4v) is 4.80. The highest BCUT2D eigenvalue weighted by molar-refractivity contribution is 7.17. The van der Waals surface area contributed by atoms with Gasteiger partial charge in [0.2, 0.25) is 11.8 Å². The van der Waals surface area contributed by atoms with Crippen molar-refractivity contribution >= 4 is 45.5 Å². The molecule has 1 aromatic heterocycles. The minimum Gasteiger partial charge on any atom is -0.465 e. The topological polar surface area (TPSA) is 96.5 Å². The number of para-hydroxylation sites is 2. The van der Waals surface area contributed by atoms with E-state index in [9.17, 15) is 14.4 Å². The molecule has 0 radical (unpaired) electrons. The van der Waals surface area contributed by atoms with E-state index in [0.717, 1.165) is 35.4 Å². The first kappa shape index (κ1) is 17.5. The van der Waals surface area contributed by atoms with Crippen LogP contribution in [0.1, 0.15) is 33.6 Å². The second kappa shape index (κ2) is 7.03. The Hall–Kier alpha value is -2.87. The van der Waals surface area contributed by atoms with Gasteiger partial charge in [-0.15, -0.1) is 11.3 Å². The van der Waals surface area contributed by atoms with Crippen molar-refractivity contribution in [1.29, 1.82) is 0 Å². The second-order valence-electron chi connectivity index (χ2n) is 6.54. The number of hydrogen-bond acceptors (Lipinski definition) is 6. The highest BCUT2D eigenvalue weighted by atomic mass is 32.1. The van der Waals surface area contributed by atoms with Crippen LogP contribution in [0.25, 0.3) is 0 Å². The minimum absolute atomic E-state index is 0.0383. The SMILES string of the molecule is COC(=O)c1c(NC(=O)CC2Nc3ccccc3NC2=O)sc2c1CCC2. The van der Waals surface area contributed by atoms with E-state index in [1.807, 2.05) is 18.2 Å². The van der Waals surface area contributed by atoms with Crippen LogP contribution in [0.15, 0.2) is 24.3 Å². The molecule has 8 heteroatoms. The predicted molar refractivity (Wildman–Crippen MR) is 103 cm³/mol. The summed E-state index contributed by atoms with van der Waals surface area (Å²) in [6, 6.07) is 6.66. The number of methoxy groups -OCH3 is 1. The molecule has 0 fully saturated rings. The summed E-state index contributed by atoms with van der Waals surface area (Å²) >= 11 is 1.42. The van der Waals surface area contributed by atoms with Gasteiger partial charge in [0.25, 0.3) is 0 Å². The van der Waals surface area contributed by atoms with E-state index >= 15 is 0 Å². The summed E-state index contributed by atoms with van der Waals surface area (Å²) in [6.07, 6.45) is 2.69. The number of benzene rings is 1.